The molecule has 5 nitrogen and oxygen atoms in total. The summed E-state index contributed by atoms with van der Waals surface area (Å²) in [6, 6.07) is 9.79. The normalized spacial score (nSPS) is 15.4. The summed E-state index contributed by atoms with van der Waals surface area (Å²) in [5, 5.41) is 12.0. The van der Waals surface area contributed by atoms with E-state index >= 15 is 0 Å². The van der Waals surface area contributed by atoms with E-state index in [0.717, 1.165) is 23.1 Å². The first kappa shape index (κ1) is 16.2. The third-order valence-electron chi connectivity index (χ3n) is 4.53. The van der Waals surface area contributed by atoms with Crippen LogP contribution in [0.4, 0.5) is 0 Å². The van der Waals surface area contributed by atoms with Crippen LogP contribution in [0.1, 0.15) is 41.6 Å². The van der Waals surface area contributed by atoms with E-state index in [0.29, 0.717) is 18.4 Å². The molecule has 1 amide bonds. The summed E-state index contributed by atoms with van der Waals surface area (Å²) >= 11 is 0. The molecule has 0 atom stereocenters. The van der Waals surface area contributed by atoms with Gasteiger partial charge in [-0.05, 0) is 37.8 Å². The maximum atomic E-state index is 12.5. The largest absolute Gasteiger partial charge is 0.481 e. The van der Waals surface area contributed by atoms with Crippen molar-refractivity contribution in [3.05, 3.63) is 53.9 Å². The van der Waals surface area contributed by atoms with Gasteiger partial charge in [0, 0.05) is 18.0 Å². The zero-order chi connectivity index (χ0) is 17.2. The first-order chi connectivity index (χ1) is 11.5. The number of nitrogens with zero attached hydrogens (tertiary/aromatic N) is 1. The molecule has 0 spiro atoms. The lowest BCUT2D eigenvalue weighted by Gasteiger charge is -2.41. The number of aliphatic carboxylic acids is 1. The highest BCUT2D eigenvalue weighted by Gasteiger charge is 2.40. The Balaban J connectivity index is 1.81. The second-order valence-corrected chi connectivity index (χ2v) is 6.49. The van der Waals surface area contributed by atoms with Crippen molar-refractivity contribution in [2.75, 3.05) is 0 Å². The molecule has 0 aliphatic heterocycles. The van der Waals surface area contributed by atoms with E-state index in [2.05, 4.69) is 10.3 Å². The van der Waals surface area contributed by atoms with Crippen LogP contribution in [0.25, 0.3) is 11.1 Å². The molecule has 3 rings (SSSR count). The molecule has 1 fully saturated rings. The summed E-state index contributed by atoms with van der Waals surface area (Å²) in [6.45, 7) is 2.01. The van der Waals surface area contributed by atoms with Gasteiger partial charge < -0.3 is 10.4 Å². The van der Waals surface area contributed by atoms with Crippen LogP contribution < -0.4 is 5.32 Å². The van der Waals surface area contributed by atoms with Crippen LogP contribution in [0.3, 0.4) is 0 Å². The molecule has 0 radical (unpaired) electrons. The number of nitrogens with one attached hydrogen (secondary N) is 1. The molecule has 24 heavy (non-hydrogen) atoms. The maximum absolute atomic E-state index is 12.5. The van der Waals surface area contributed by atoms with Crippen molar-refractivity contribution in [2.45, 2.75) is 38.1 Å². The molecule has 1 saturated carbocycles. The number of aryl methyl sites for hydroxylation is 1. The van der Waals surface area contributed by atoms with Crippen LogP contribution in [0.15, 0.2) is 42.7 Å². The second-order valence-electron chi connectivity index (χ2n) is 6.49. The van der Waals surface area contributed by atoms with Crippen molar-refractivity contribution < 1.29 is 14.7 Å². The van der Waals surface area contributed by atoms with E-state index in [9.17, 15) is 9.59 Å². The van der Waals surface area contributed by atoms with Crippen LogP contribution >= 0.6 is 0 Å². The first-order valence-corrected chi connectivity index (χ1v) is 8.04. The fourth-order valence-electron chi connectivity index (χ4n) is 3.10. The Kier molecular flexibility index (Phi) is 4.34. The maximum Gasteiger partial charge on any atom is 0.305 e. The topological polar surface area (TPSA) is 79.3 Å². The Morgan fingerprint density at radius 1 is 1.21 bits per heavy atom. The average Bonchev–Trinajstić information content (AvgIpc) is 2.52. The average molecular weight is 324 g/mol. The number of rotatable bonds is 5. The highest BCUT2D eigenvalue weighted by molar-refractivity contribution is 5.96. The van der Waals surface area contributed by atoms with E-state index in [-0.39, 0.29) is 12.3 Å². The molecule has 1 aromatic heterocycles. The van der Waals surface area contributed by atoms with Gasteiger partial charge in [0.25, 0.3) is 5.91 Å². The Hall–Kier alpha value is -2.69. The van der Waals surface area contributed by atoms with Gasteiger partial charge in [0.15, 0.2) is 0 Å². The summed E-state index contributed by atoms with van der Waals surface area (Å²) in [6.07, 6.45) is 5.55. The van der Waals surface area contributed by atoms with Crippen molar-refractivity contribution >= 4 is 11.9 Å². The van der Waals surface area contributed by atoms with Crippen LogP contribution in [0, 0.1) is 6.92 Å². The van der Waals surface area contributed by atoms with Gasteiger partial charge in [0.05, 0.1) is 17.5 Å². The summed E-state index contributed by atoms with van der Waals surface area (Å²) in [5.41, 5.74) is 2.85. The van der Waals surface area contributed by atoms with Crippen LogP contribution in [0.5, 0.6) is 0 Å². The van der Waals surface area contributed by atoms with Crippen molar-refractivity contribution in [1.82, 2.24) is 10.3 Å². The molecule has 2 aromatic rings. The lowest BCUT2D eigenvalue weighted by atomic mass is 9.74. The van der Waals surface area contributed by atoms with Gasteiger partial charge in [-0.25, -0.2) is 0 Å². The zero-order valence-electron chi connectivity index (χ0n) is 13.6. The van der Waals surface area contributed by atoms with Crippen molar-refractivity contribution in [3.8, 4) is 11.1 Å². The van der Waals surface area contributed by atoms with Gasteiger partial charge in [0.2, 0.25) is 0 Å². The Bertz CT molecular complexity index is 782. The molecule has 1 aliphatic carbocycles. The van der Waals surface area contributed by atoms with Crippen LogP contribution in [0.2, 0.25) is 0 Å². The van der Waals surface area contributed by atoms with Crippen LogP contribution in [-0.4, -0.2) is 27.5 Å². The molecule has 1 heterocycles. The smallest absolute Gasteiger partial charge is 0.305 e. The molecule has 5 heteroatoms. The number of hydrogen-bond acceptors (Lipinski definition) is 3. The number of aromatic nitrogens is 1. The number of carbonyl (C=O) groups excluding carboxylic acids is 1. The van der Waals surface area contributed by atoms with Crippen molar-refractivity contribution in [2.24, 2.45) is 0 Å². The molecule has 2 N–H and O–H groups in total. The van der Waals surface area contributed by atoms with Gasteiger partial charge in [0.1, 0.15) is 0 Å². The zero-order valence-corrected chi connectivity index (χ0v) is 13.6. The summed E-state index contributed by atoms with van der Waals surface area (Å²) in [7, 11) is 0. The molecule has 124 valence electrons. The van der Waals surface area contributed by atoms with Crippen molar-refractivity contribution in [1.29, 1.82) is 0 Å². The summed E-state index contributed by atoms with van der Waals surface area (Å²) in [4.78, 5) is 27.7. The molecule has 0 saturated heterocycles. The van der Waals surface area contributed by atoms with Crippen LogP contribution in [-0.2, 0) is 4.79 Å². The SMILES string of the molecule is Cc1cccc(-c2cncc(C(=O)NC3(CC(=O)O)CCC3)c2)c1. The van der Waals surface area contributed by atoms with Gasteiger partial charge >= 0.3 is 5.97 Å². The summed E-state index contributed by atoms with van der Waals surface area (Å²) in [5.74, 6) is -1.15. The lowest BCUT2D eigenvalue weighted by Crippen LogP contribution is -2.54. The minimum Gasteiger partial charge on any atom is -0.481 e. The molecular weight excluding hydrogens is 304 g/mol. The van der Waals surface area contributed by atoms with E-state index in [1.165, 1.54) is 6.20 Å². The fraction of sp³-hybridized carbons (Fsp3) is 0.316. The van der Waals surface area contributed by atoms with Gasteiger partial charge in [-0.15, -0.1) is 0 Å². The third kappa shape index (κ3) is 3.45. The molecule has 1 aromatic carbocycles. The molecular formula is C19H20N2O3. The monoisotopic (exact) mass is 324 g/mol. The van der Waals surface area contributed by atoms with E-state index < -0.39 is 11.5 Å². The predicted octanol–water partition coefficient (Wildman–Crippen LogP) is 3.18. The predicted molar refractivity (Wildman–Crippen MR) is 90.7 cm³/mol. The van der Waals surface area contributed by atoms with Gasteiger partial charge in [-0.2, -0.15) is 0 Å². The summed E-state index contributed by atoms with van der Waals surface area (Å²) < 4.78 is 0. The lowest BCUT2D eigenvalue weighted by molar-refractivity contribution is -0.139. The minimum absolute atomic E-state index is 0.0380. The van der Waals surface area contributed by atoms with Crippen molar-refractivity contribution in [3.63, 3.8) is 0 Å². The molecule has 1 aliphatic rings. The Labute approximate surface area is 140 Å². The fourth-order valence-corrected chi connectivity index (χ4v) is 3.10. The number of carbonyl (C=O) groups is 2. The molecule has 0 bridgehead atoms. The Morgan fingerprint density at radius 3 is 2.62 bits per heavy atom. The number of pyridine rings is 1. The number of carboxylic acid groups (broad SMARTS) is 1. The number of benzene rings is 1. The standard InChI is InChI=1S/C19H20N2O3/c1-13-4-2-5-14(8-13)15-9-16(12-20-11-15)18(24)21-19(6-3-7-19)10-17(22)23/h2,4-5,8-9,11-12H,3,6-7,10H2,1H3,(H,21,24)(H,22,23). The number of carboxylic acids is 1. The van der Waals surface area contributed by atoms with Gasteiger partial charge in [-0.3, -0.25) is 14.6 Å². The van der Waals surface area contributed by atoms with E-state index in [4.69, 9.17) is 5.11 Å². The third-order valence-corrected chi connectivity index (χ3v) is 4.53. The highest BCUT2D eigenvalue weighted by Crippen LogP contribution is 2.35. The molecule has 0 unspecified atom stereocenters. The quantitative estimate of drug-likeness (QED) is 0.885. The van der Waals surface area contributed by atoms with Gasteiger partial charge in [-0.1, -0.05) is 29.8 Å². The Morgan fingerprint density at radius 2 is 2.00 bits per heavy atom. The highest BCUT2D eigenvalue weighted by atomic mass is 16.4. The first-order valence-electron chi connectivity index (χ1n) is 8.04. The van der Waals surface area contributed by atoms with E-state index in [1.54, 1.807) is 12.3 Å². The number of amides is 1. The second kappa shape index (κ2) is 6.43. The van der Waals surface area contributed by atoms with E-state index in [1.807, 2.05) is 31.2 Å². The minimum atomic E-state index is -0.887. The number of hydrogen-bond donors (Lipinski definition) is 2.